The molecular formula is C20H20N4O2. The lowest BCUT2D eigenvalue weighted by atomic mass is 9.95. The van der Waals surface area contributed by atoms with Crippen LogP contribution in [-0.2, 0) is 4.74 Å². The van der Waals surface area contributed by atoms with Crippen LogP contribution in [0.2, 0.25) is 0 Å². The van der Waals surface area contributed by atoms with Crippen LogP contribution in [0.5, 0.6) is 5.75 Å². The Balaban J connectivity index is 1.58. The van der Waals surface area contributed by atoms with Crippen LogP contribution in [0.25, 0.3) is 22.0 Å². The first kappa shape index (κ1) is 15.5. The number of anilines is 1. The van der Waals surface area contributed by atoms with Gasteiger partial charge in [0.05, 0.1) is 18.2 Å². The molecule has 26 heavy (non-hydrogen) atoms. The minimum Gasteiger partial charge on any atom is -0.507 e. The summed E-state index contributed by atoms with van der Waals surface area (Å²) < 4.78 is 5.93. The molecule has 0 saturated carbocycles. The number of nitrogens with one attached hydrogen (secondary N) is 1. The molecule has 0 amide bonds. The van der Waals surface area contributed by atoms with Crippen LogP contribution in [0.3, 0.4) is 0 Å². The molecule has 3 aromatic rings. The quantitative estimate of drug-likeness (QED) is 0.755. The number of aromatic hydroxyl groups is 1. The summed E-state index contributed by atoms with van der Waals surface area (Å²) in [5.41, 5.74) is 2.34. The van der Waals surface area contributed by atoms with E-state index < -0.39 is 0 Å². The fourth-order valence-corrected chi connectivity index (χ4v) is 4.11. The molecule has 2 aliphatic rings. The third kappa shape index (κ3) is 2.49. The number of fused-ring (bicyclic) bond motifs is 3. The number of aryl methyl sites for hydroxylation is 1. The number of nitrogens with zero attached hydrogens (tertiary/aromatic N) is 3. The standard InChI is InChI=1S/C20H20N4O2/c1-11-2-4-14(17(25)8-11)19-13-6-7-21-10-15(13)20(24-23-19)22-16-9-12-3-5-18(16)26-12/h2,4,6-8,10,12,16,18,25H,3,5,9H2,1H3,(H,22,24)/t12-,16-,18+/m0/s1. The smallest absolute Gasteiger partial charge is 0.158 e. The fraction of sp³-hybridized carbons (Fsp3) is 0.350. The van der Waals surface area contributed by atoms with Gasteiger partial charge in [-0.05, 0) is 49.9 Å². The summed E-state index contributed by atoms with van der Waals surface area (Å²) in [5.74, 6) is 0.934. The van der Waals surface area contributed by atoms with Crippen LogP contribution < -0.4 is 5.32 Å². The van der Waals surface area contributed by atoms with Crippen LogP contribution >= 0.6 is 0 Å². The van der Waals surface area contributed by atoms with Crippen molar-refractivity contribution in [3.63, 3.8) is 0 Å². The highest BCUT2D eigenvalue weighted by molar-refractivity contribution is 6.00. The summed E-state index contributed by atoms with van der Waals surface area (Å²) in [7, 11) is 0. The normalized spacial score (nSPS) is 24.3. The highest BCUT2D eigenvalue weighted by atomic mass is 16.5. The predicted molar refractivity (Wildman–Crippen MR) is 99.1 cm³/mol. The first-order valence-electron chi connectivity index (χ1n) is 9.01. The average molecular weight is 348 g/mol. The number of hydrogen-bond acceptors (Lipinski definition) is 6. The molecule has 6 nitrogen and oxygen atoms in total. The van der Waals surface area contributed by atoms with Crippen molar-refractivity contribution in [3.05, 3.63) is 42.2 Å². The van der Waals surface area contributed by atoms with E-state index in [-0.39, 0.29) is 17.9 Å². The third-order valence-electron chi connectivity index (χ3n) is 5.42. The molecule has 2 N–H and O–H groups in total. The maximum atomic E-state index is 10.4. The Hall–Kier alpha value is -2.73. The van der Waals surface area contributed by atoms with E-state index in [1.54, 1.807) is 18.5 Å². The van der Waals surface area contributed by atoms with Gasteiger partial charge in [-0.1, -0.05) is 6.07 Å². The van der Waals surface area contributed by atoms with Crippen LogP contribution in [0, 0.1) is 6.92 Å². The lowest BCUT2D eigenvalue weighted by Crippen LogP contribution is -2.31. The third-order valence-corrected chi connectivity index (χ3v) is 5.42. The number of pyridine rings is 1. The Labute approximate surface area is 151 Å². The SMILES string of the molecule is Cc1ccc(-c2nnc(N[C@H]3C[C@@H]4CC[C@H]3O4)c3cnccc23)c(O)c1. The number of phenols is 1. The van der Waals surface area contributed by atoms with Crippen molar-refractivity contribution in [1.82, 2.24) is 15.2 Å². The second-order valence-corrected chi connectivity index (χ2v) is 7.20. The van der Waals surface area contributed by atoms with Crippen molar-refractivity contribution in [2.24, 2.45) is 0 Å². The number of hydrogen-bond donors (Lipinski definition) is 2. The molecule has 2 bridgehead atoms. The van der Waals surface area contributed by atoms with E-state index in [0.717, 1.165) is 41.4 Å². The van der Waals surface area contributed by atoms with Crippen molar-refractivity contribution in [3.8, 4) is 17.0 Å². The number of rotatable bonds is 3. The number of ether oxygens (including phenoxy) is 1. The molecule has 4 heterocycles. The van der Waals surface area contributed by atoms with Gasteiger partial charge in [-0.25, -0.2) is 0 Å². The zero-order valence-electron chi connectivity index (χ0n) is 14.5. The summed E-state index contributed by atoms with van der Waals surface area (Å²) in [6, 6.07) is 7.77. The Morgan fingerprint density at radius 2 is 2.08 bits per heavy atom. The maximum absolute atomic E-state index is 10.4. The summed E-state index contributed by atoms with van der Waals surface area (Å²) in [6.45, 7) is 1.95. The first-order valence-corrected chi connectivity index (χ1v) is 9.01. The van der Waals surface area contributed by atoms with E-state index in [1.807, 2.05) is 25.1 Å². The van der Waals surface area contributed by atoms with Gasteiger partial charge in [0.25, 0.3) is 0 Å². The largest absolute Gasteiger partial charge is 0.507 e. The summed E-state index contributed by atoms with van der Waals surface area (Å²) in [5, 5.41) is 24.6. The summed E-state index contributed by atoms with van der Waals surface area (Å²) >= 11 is 0. The molecule has 0 spiro atoms. The van der Waals surface area contributed by atoms with Crippen molar-refractivity contribution in [2.45, 2.75) is 44.4 Å². The van der Waals surface area contributed by atoms with E-state index in [4.69, 9.17) is 4.74 Å². The van der Waals surface area contributed by atoms with E-state index in [9.17, 15) is 5.11 Å². The topological polar surface area (TPSA) is 80.2 Å². The minimum absolute atomic E-state index is 0.208. The van der Waals surface area contributed by atoms with Crippen molar-refractivity contribution < 1.29 is 9.84 Å². The molecule has 3 atom stereocenters. The van der Waals surface area contributed by atoms with E-state index in [0.29, 0.717) is 17.4 Å². The van der Waals surface area contributed by atoms with Gasteiger partial charge in [-0.2, -0.15) is 0 Å². The summed E-state index contributed by atoms with van der Waals surface area (Å²) in [6.07, 6.45) is 7.43. The second kappa shape index (κ2) is 5.92. The highest BCUT2D eigenvalue weighted by Crippen LogP contribution is 2.38. The van der Waals surface area contributed by atoms with Gasteiger partial charge >= 0.3 is 0 Å². The predicted octanol–water partition coefficient (Wildman–Crippen LogP) is 3.44. The van der Waals surface area contributed by atoms with Crippen LogP contribution in [0.4, 0.5) is 5.82 Å². The second-order valence-electron chi connectivity index (χ2n) is 7.20. The Morgan fingerprint density at radius 1 is 1.15 bits per heavy atom. The van der Waals surface area contributed by atoms with Crippen LogP contribution in [-0.4, -0.2) is 38.5 Å². The summed E-state index contributed by atoms with van der Waals surface area (Å²) in [4.78, 5) is 4.27. The molecule has 132 valence electrons. The fourth-order valence-electron chi connectivity index (χ4n) is 4.11. The monoisotopic (exact) mass is 348 g/mol. The number of phenolic OH excluding ortho intramolecular Hbond substituents is 1. The molecule has 6 heteroatoms. The molecular weight excluding hydrogens is 328 g/mol. The van der Waals surface area contributed by atoms with Gasteiger partial charge < -0.3 is 15.2 Å². The minimum atomic E-state index is 0.208. The van der Waals surface area contributed by atoms with E-state index in [1.165, 1.54) is 0 Å². The molecule has 0 aliphatic carbocycles. The highest BCUT2D eigenvalue weighted by Gasteiger charge is 2.41. The van der Waals surface area contributed by atoms with Gasteiger partial charge in [-0.3, -0.25) is 4.98 Å². The van der Waals surface area contributed by atoms with Crippen LogP contribution in [0.1, 0.15) is 24.8 Å². The molecule has 0 radical (unpaired) electrons. The molecule has 2 aromatic heterocycles. The molecule has 2 saturated heterocycles. The van der Waals surface area contributed by atoms with E-state index >= 15 is 0 Å². The Bertz CT molecular complexity index is 991. The van der Waals surface area contributed by atoms with Crippen molar-refractivity contribution in [2.75, 3.05) is 5.32 Å². The lowest BCUT2D eigenvalue weighted by molar-refractivity contribution is 0.102. The Morgan fingerprint density at radius 3 is 2.85 bits per heavy atom. The molecule has 2 fully saturated rings. The van der Waals surface area contributed by atoms with Gasteiger partial charge in [-0.15, -0.1) is 10.2 Å². The first-order chi connectivity index (χ1) is 12.7. The Kier molecular flexibility index (Phi) is 3.53. The zero-order valence-corrected chi connectivity index (χ0v) is 14.5. The maximum Gasteiger partial charge on any atom is 0.158 e. The van der Waals surface area contributed by atoms with E-state index in [2.05, 4.69) is 20.5 Å². The zero-order chi connectivity index (χ0) is 17.7. The average Bonchev–Trinajstić information content (AvgIpc) is 3.26. The number of aromatic nitrogens is 3. The van der Waals surface area contributed by atoms with Gasteiger partial charge in [0.1, 0.15) is 11.4 Å². The molecule has 1 aromatic carbocycles. The lowest BCUT2D eigenvalue weighted by Gasteiger charge is -2.21. The van der Waals surface area contributed by atoms with Gasteiger partial charge in [0.2, 0.25) is 0 Å². The van der Waals surface area contributed by atoms with Crippen molar-refractivity contribution in [1.29, 1.82) is 0 Å². The van der Waals surface area contributed by atoms with Crippen molar-refractivity contribution >= 4 is 16.6 Å². The molecule has 2 aliphatic heterocycles. The number of benzene rings is 1. The van der Waals surface area contributed by atoms with Gasteiger partial charge in [0, 0.05) is 28.7 Å². The van der Waals surface area contributed by atoms with Crippen LogP contribution in [0.15, 0.2) is 36.7 Å². The van der Waals surface area contributed by atoms with Gasteiger partial charge in [0.15, 0.2) is 5.82 Å². The molecule has 0 unspecified atom stereocenters. The molecule has 5 rings (SSSR count).